The first kappa shape index (κ1) is 13.5. The molecule has 0 radical (unpaired) electrons. The number of hydrogen-bond donors (Lipinski definition) is 2. The number of amides is 1. The molecule has 7 heteroatoms. The first-order valence-corrected chi connectivity index (χ1v) is 5.58. The summed E-state index contributed by atoms with van der Waals surface area (Å²) in [6, 6.07) is 8.90. The van der Waals surface area contributed by atoms with E-state index in [2.05, 4.69) is 5.32 Å². The Hall–Kier alpha value is -2.96. The molecule has 0 spiro atoms. The van der Waals surface area contributed by atoms with Crippen LogP contribution >= 0.6 is 0 Å². The zero-order valence-corrected chi connectivity index (χ0v) is 10.2. The fourth-order valence-corrected chi connectivity index (χ4v) is 1.59. The quantitative estimate of drug-likeness (QED) is 0.511. The third-order valence-corrected chi connectivity index (χ3v) is 2.56. The highest BCUT2D eigenvalue weighted by Crippen LogP contribution is 2.19. The number of nitro groups is 1. The van der Waals surface area contributed by atoms with Crippen molar-refractivity contribution >= 4 is 23.0 Å². The molecule has 0 bridgehead atoms. The van der Waals surface area contributed by atoms with Crippen molar-refractivity contribution in [1.82, 2.24) is 0 Å². The molecule has 0 heterocycles. The van der Waals surface area contributed by atoms with E-state index in [1.54, 1.807) is 0 Å². The molecule has 0 fully saturated rings. The number of non-ortho nitro benzene ring substituents is 1. The van der Waals surface area contributed by atoms with Crippen LogP contribution in [0.1, 0.15) is 10.4 Å². The Balaban J connectivity index is 2.26. The predicted octanol–water partition coefficient (Wildman–Crippen LogP) is 2.57. The molecular weight excluding hydrogens is 265 g/mol. The molecule has 102 valence electrons. The maximum Gasteiger partial charge on any atom is 0.270 e. The van der Waals surface area contributed by atoms with Gasteiger partial charge in [-0.1, -0.05) is 6.07 Å². The van der Waals surface area contributed by atoms with E-state index in [1.165, 1.54) is 30.3 Å². The van der Waals surface area contributed by atoms with Gasteiger partial charge in [-0.05, 0) is 24.3 Å². The predicted molar refractivity (Wildman–Crippen MR) is 71.9 cm³/mol. The molecule has 2 rings (SSSR count). The van der Waals surface area contributed by atoms with Crippen molar-refractivity contribution in [2.24, 2.45) is 0 Å². The van der Waals surface area contributed by atoms with Gasteiger partial charge in [0.05, 0.1) is 10.6 Å². The van der Waals surface area contributed by atoms with Crippen molar-refractivity contribution in [3.8, 4) is 0 Å². The molecule has 0 saturated heterocycles. The Morgan fingerprint density at radius 1 is 1.25 bits per heavy atom. The van der Waals surface area contributed by atoms with Crippen LogP contribution in [0.4, 0.5) is 21.5 Å². The fraction of sp³-hybridized carbons (Fsp3) is 0. The van der Waals surface area contributed by atoms with Gasteiger partial charge >= 0.3 is 0 Å². The van der Waals surface area contributed by atoms with Gasteiger partial charge in [-0.25, -0.2) is 4.39 Å². The maximum absolute atomic E-state index is 13.5. The molecule has 0 saturated carbocycles. The van der Waals surface area contributed by atoms with Crippen molar-refractivity contribution in [3.63, 3.8) is 0 Å². The average Bonchev–Trinajstić information content (AvgIpc) is 2.43. The lowest BCUT2D eigenvalue weighted by atomic mass is 10.2. The third kappa shape index (κ3) is 2.89. The van der Waals surface area contributed by atoms with E-state index >= 15 is 0 Å². The Labute approximate surface area is 113 Å². The highest BCUT2D eigenvalue weighted by Gasteiger charge is 2.13. The first-order chi connectivity index (χ1) is 9.47. The van der Waals surface area contributed by atoms with Crippen LogP contribution in [0.3, 0.4) is 0 Å². The topological polar surface area (TPSA) is 98.3 Å². The summed E-state index contributed by atoms with van der Waals surface area (Å²) in [4.78, 5) is 21.9. The van der Waals surface area contributed by atoms with Crippen LogP contribution in [0.5, 0.6) is 0 Å². The average molecular weight is 275 g/mol. The van der Waals surface area contributed by atoms with E-state index in [9.17, 15) is 19.3 Å². The van der Waals surface area contributed by atoms with Gasteiger partial charge in [0.1, 0.15) is 5.82 Å². The van der Waals surface area contributed by atoms with Crippen LogP contribution in [0.15, 0.2) is 42.5 Å². The van der Waals surface area contributed by atoms with E-state index in [-0.39, 0.29) is 16.9 Å². The molecule has 2 aromatic carbocycles. The summed E-state index contributed by atoms with van der Waals surface area (Å²) in [6.45, 7) is 0. The summed E-state index contributed by atoms with van der Waals surface area (Å²) in [5.74, 6) is -1.30. The van der Waals surface area contributed by atoms with Crippen LogP contribution in [0.25, 0.3) is 0 Å². The zero-order valence-electron chi connectivity index (χ0n) is 10.2. The smallest absolute Gasteiger partial charge is 0.270 e. The van der Waals surface area contributed by atoms with Gasteiger partial charge in [-0.15, -0.1) is 0 Å². The highest BCUT2D eigenvalue weighted by atomic mass is 19.1. The van der Waals surface area contributed by atoms with Crippen LogP contribution in [-0.2, 0) is 0 Å². The SMILES string of the molecule is Nc1ccc(F)c(NC(=O)c2cccc([N+](=O)[O-])c2)c1. The number of nitrogens with two attached hydrogens (primary N) is 1. The molecule has 0 aromatic heterocycles. The Kier molecular flexibility index (Phi) is 3.60. The Bertz CT molecular complexity index is 688. The standard InChI is InChI=1S/C13H10FN3O3/c14-11-5-4-9(15)7-12(11)16-13(18)8-2-1-3-10(6-8)17(19)20/h1-7H,15H2,(H,16,18). The zero-order chi connectivity index (χ0) is 14.7. The number of benzene rings is 2. The molecule has 20 heavy (non-hydrogen) atoms. The molecule has 1 amide bonds. The van der Waals surface area contributed by atoms with Crippen LogP contribution in [0.2, 0.25) is 0 Å². The number of nitrogens with one attached hydrogen (secondary N) is 1. The maximum atomic E-state index is 13.5. The lowest BCUT2D eigenvalue weighted by Crippen LogP contribution is -2.13. The minimum Gasteiger partial charge on any atom is -0.399 e. The summed E-state index contributed by atoms with van der Waals surface area (Å²) in [5, 5.41) is 12.9. The van der Waals surface area contributed by atoms with E-state index in [0.717, 1.165) is 12.1 Å². The number of anilines is 2. The summed E-state index contributed by atoms with van der Waals surface area (Å²) in [5.41, 5.74) is 5.55. The van der Waals surface area contributed by atoms with Gasteiger partial charge in [0, 0.05) is 23.4 Å². The van der Waals surface area contributed by atoms with Crippen LogP contribution in [0, 0.1) is 15.9 Å². The molecule has 0 aliphatic carbocycles. The highest BCUT2D eigenvalue weighted by molar-refractivity contribution is 6.04. The minimum absolute atomic E-state index is 0.0565. The molecule has 0 atom stereocenters. The number of hydrogen-bond acceptors (Lipinski definition) is 4. The van der Waals surface area contributed by atoms with E-state index in [4.69, 9.17) is 5.73 Å². The fourth-order valence-electron chi connectivity index (χ4n) is 1.59. The van der Waals surface area contributed by atoms with Gasteiger partial charge in [0.25, 0.3) is 11.6 Å². The van der Waals surface area contributed by atoms with Gasteiger partial charge < -0.3 is 11.1 Å². The molecular formula is C13H10FN3O3. The van der Waals surface area contributed by atoms with E-state index in [1.807, 2.05) is 0 Å². The molecule has 0 aliphatic heterocycles. The normalized spacial score (nSPS) is 10.1. The lowest BCUT2D eigenvalue weighted by molar-refractivity contribution is -0.384. The van der Waals surface area contributed by atoms with Crippen molar-refractivity contribution in [2.45, 2.75) is 0 Å². The summed E-state index contributed by atoms with van der Waals surface area (Å²) < 4.78 is 13.5. The van der Waals surface area contributed by atoms with Gasteiger partial charge in [-0.3, -0.25) is 14.9 Å². The molecule has 0 unspecified atom stereocenters. The van der Waals surface area contributed by atoms with Crippen molar-refractivity contribution in [3.05, 3.63) is 64.0 Å². The Morgan fingerprint density at radius 3 is 2.70 bits per heavy atom. The second-order valence-corrected chi connectivity index (χ2v) is 4.00. The van der Waals surface area contributed by atoms with Crippen LogP contribution < -0.4 is 11.1 Å². The number of nitrogens with zero attached hydrogens (tertiary/aromatic N) is 1. The van der Waals surface area contributed by atoms with Gasteiger partial charge in [0.2, 0.25) is 0 Å². The van der Waals surface area contributed by atoms with Crippen molar-refractivity contribution in [1.29, 1.82) is 0 Å². The lowest BCUT2D eigenvalue weighted by Gasteiger charge is -2.07. The van der Waals surface area contributed by atoms with Gasteiger partial charge in [-0.2, -0.15) is 0 Å². The second-order valence-electron chi connectivity index (χ2n) is 4.00. The first-order valence-electron chi connectivity index (χ1n) is 5.58. The number of rotatable bonds is 3. The molecule has 0 aliphatic rings. The number of carbonyl (C=O) groups is 1. The third-order valence-electron chi connectivity index (χ3n) is 2.56. The monoisotopic (exact) mass is 275 g/mol. The Morgan fingerprint density at radius 2 is 2.00 bits per heavy atom. The van der Waals surface area contributed by atoms with E-state index in [0.29, 0.717) is 5.69 Å². The number of carbonyl (C=O) groups excluding carboxylic acids is 1. The van der Waals surface area contributed by atoms with Crippen LogP contribution in [-0.4, -0.2) is 10.8 Å². The minimum atomic E-state index is -0.654. The van der Waals surface area contributed by atoms with Crippen molar-refractivity contribution in [2.75, 3.05) is 11.1 Å². The molecule has 2 aromatic rings. The summed E-state index contributed by atoms with van der Waals surface area (Å²) >= 11 is 0. The molecule has 6 nitrogen and oxygen atoms in total. The number of halogens is 1. The second kappa shape index (κ2) is 5.35. The van der Waals surface area contributed by atoms with Crippen molar-refractivity contribution < 1.29 is 14.1 Å². The summed E-state index contributed by atoms with van der Waals surface area (Å²) in [7, 11) is 0. The van der Waals surface area contributed by atoms with E-state index < -0.39 is 16.6 Å². The molecule has 3 N–H and O–H groups in total. The van der Waals surface area contributed by atoms with Gasteiger partial charge in [0.15, 0.2) is 0 Å². The largest absolute Gasteiger partial charge is 0.399 e. The number of nitro benzene ring substituents is 1. The number of nitrogen functional groups attached to an aromatic ring is 1. The summed E-state index contributed by atoms with van der Waals surface area (Å²) in [6.07, 6.45) is 0.